The Hall–Kier alpha value is -1.75. The van der Waals surface area contributed by atoms with Crippen LogP contribution in [0.2, 0.25) is 0 Å². The summed E-state index contributed by atoms with van der Waals surface area (Å²) < 4.78 is 0. The highest BCUT2D eigenvalue weighted by Gasteiger charge is 2.12. The number of hydrogen-bond acceptors (Lipinski definition) is 4. The molecule has 0 heterocycles. The minimum Gasteiger partial charge on any atom is -0.397 e. The highest BCUT2D eigenvalue weighted by molar-refractivity contribution is 5.96. The fraction of sp³-hybridized carbons (Fsp3) is 0.500. The molecule has 0 aromatic heterocycles. The van der Waals surface area contributed by atoms with Gasteiger partial charge in [-0.1, -0.05) is 0 Å². The summed E-state index contributed by atoms with van der Waals surface area (Å²) in [6.07, 6.45) is 1.03. The number of benzene rings is 1. The Morgan fingerprint density at radius 3 is 2.58 bits per heavy atom. The summed E-state index contributed by atoms with van der Waals surface area (Å²) in [5, 5.41) is 3.11. The van der Waals surface area contributed by atoms with Gasteiger partial charge in [0, 0.05) is 33.3 Å². The van der Waals surface area contributed by atoms with Crippen LogP contribution in [0, 0.1) is 0 Å². The summed E-state index contributed by atoms with van der Waals surface area (Å²) in [5.41, 5.74) is 8.25. The van der Waals surface area contributed by atoms with Gasteiger partial charge in [0.1, 0.15) is 0 Å². The Morgan fingerprint density at radius 2 is 2.00 bits per heavy atom. The summed E-state index contributed by atoms with van der Waals surface area (Å²) in [6, 6.07) is 5.42. The molecule has 1 aromatic rings. The van der Waals surface area contributed by atoms with Crippen molar-refractivity contribution >= 4 is 17.3 Å². The number of nitrogens with one attached hydrogen (secondary N) is 1. The van der Waals surface area contributed by atoms with E-state index in [2.05, 4.69) is 10.2 Å². The molecule has 0 aliphatic heterocycles. The van der Waals surface area contributed by atoms with Crippen molar-refractivity contribution in [3.8, 4) is 0 Å². The molecule has 0 bridgehead atoms. The first-order chi connectivity index (χ1) is 8.97. The zero-order valence-corrected chi connectivity index (χ0v) is 12.2. The number of nitrogens with two attached hydrogens (primary N) is 1. The van der Waals surface area contributed by atoms with Crippen molar-refractivity contribution in [3.05, 3.63) is 23.8 Å². The van der Waals surface area contributed by atoms with E-state index in [0.717, 1.165) is 25.2 Å². The van der Waals surface area contributed by atoms with Gasteiger partial charge in [-0.15, -0.1) is 0 Å². The Labute approximate surface area is 115 Å². The van der Waals surface area contributed by atoms with E-state index in [1.165, 1.54) is 0 Å². The Morgan fingerprint density at radius 1 is 1.32 bits per heavy atom. The molecule has 1 amide bonds. The fourth-order valence-electron chi connectivity index (χ4n) is 1.88. The average molecular weight is 264 g/mol. The maximum Gasteiger partial charge on any atom is 0.253 e. The van der Waals surface area contributed by atoms with Gasteiger partial charge in [-0.3, -0.25) is 4.79 Å². The van der Waals surface area contributed by atoms with E-state index >= 15 is 0 Å². The van der Waals surface area contributed by atoms with E-state index in [-0.39, 0.29) is 5.91 Å². The summed E-state index contributed by atoms with van der Waals surface area (Å²) in [4.78, 5) is 15.6. The first-order valence-corrected chi connectivity index (χ1v) is 6.44. The second-order valence-corrected chi connectivity index (χ2v) is 4.85. The van der Waals surface area contributed by atoms with Crippen LogP contribution in [-0.2, 0) is 0 Å². The predicted octanol–water partition coefficient (Wildman–Crippen LogP) is 1.02. The summed E-state index contributed by atoms with van der Waals surface area (Å²) in [7, 11) is 7.42. The molecule has 5 heteroatoms. The molecule has 1 aromatic carbocycles. The van der Waals surface area contributed by atoms with Crippen LogP contribution < -0.4 is 16.0 Å². The quantitative estimate of drug-likeness (QED) is 0.595. The zero-order chi connectivity index (χ0) is 14.4. The minimum absolute atomic E-state index is 0.00938. The predicted molar refractivity (Wildman–Crippen MR) is 80.7 cm³/mol. The molecular formula is C14H24N4O. The van der Waals surface area contributed by atoms with Crippen molar-refractivity contribution in [2.75, 3.05) is 51.9 Å². The number of amides is 1. The second-order valence-electron chi connectivity index (χ2n) is 4.85. The van der Waals surface area contributed by atoms with Crippen molar-refractivity contribution < 1.29 is 4.79 Å². The standard InChI is InChI=1S/C14H24N4O/c1-16-8-5-9-18(4)13-10-11(6-7-12(13)15)14(19)17(2)3/h6-7,10,16H,5,8-9,15H2,1-4H3. The number of nitrogen functional groups attached to an aromatic ring is 1. The largest absolute Gasteiger partial charge is 0.397 e. The van der Waals surface area contributed by atoms with Crippen LogP contribution in [0.3, 0.4) is 0 Å². The number of hydrogen-bond donors (Lipinski definition) is 2. The van der Waals surface area contributed by atoms with Crippen molar-refractivity contribution in [1.29, 1.82) is 0 Å². The van der Waals surface area contributed by atoms with Gasteiger partial charge in [0.25, 0.3) is 5.91 Å². The first-order valence-electron chi connectivity index (χ1n) is 6.44. The van der Waals surface area contributed by atoms with Gasteiger partial charge < -0.3 is 20.9 Å². The van der Waals surface area contributed by atoms with E-state index in [4.69, 9.17) is 5.73 Å². The van der Waals surface area contributed by atoms with Crippen molar-refractivity contribution in [2.24, 2.45) is 0 Å². The average Bonchev–Trinajstić information content (AvgIpc) is 2.38. The molecular weight excluding hydrogens is 240 g/mol. The second kappa shape index (κ2) is 6.99. The topological polar surface area (TPSA) is 61.6 Å². The van der Waals surface area contributed by atoms with Crippen LogP contribution in [0.25, 0.3) is 0 Å². The highest BCUT2D eigenvalue weighted by Crippen LogP contribution is 2.24. The summed E-state index contributed by atoms with van der Waals surface area (Å²) in [5.74, 6) is -0.00938. The molecule has 0 fully saturated rings. The Kier molecular flexibility index (Phi) is 5.63. The third kappa shape index (κ3) is 4.13. The molecule has 0 aliphatic rings. The van der Waals surface area contributed by atoms with E-state index in [1.807, 2.05) is 20.2 Å². The number of rotatable bonds is 6. The van der Waals surface area contributed by atoms with Gasteiger partial charge in [0.05, 0.1) is 11.4 Å². The molecule has 106 valence electrons. The van der Waals surface area contributed by atoms with E-state index in [9.17, 15) is 4.79 Å². The van der Waals surface area contributed by atoms with Gasteiger partial charge >= 0.3 is 0 Å². The van der Waals surface area contributed by atoms with Gasteiger partial charge in [0.15, 0.2) is 0 Å². The fourth-order valence-corrected chi connectivity index (χ4v) is 1.88. The SMILES string of the molecule is CNCCCN(C)c1cc(C(=O)N(C)C)ccc1N. The number of carbonyl (C=O) groups is 1. The van der Waals surface area contributed by atoms with E-state index in [1.54, 1.807) is 31.1 Å². The van der Waals surface area contributed by atoms with E-state index < -0.39 is 0 Å². The molecule has 0 radical (unpaired) electrons. The molecule has 0 aliphatic carbocycles. The lowest BCUT2D eigenvalue weighted by molar-refractivity contribution is 0.0827. The number of nitrogens with zero attached hydrogens (tertiary/aromatic N) is 2. The normalized spacial score (nSPS) is 10.3. The van der Waals surface area contributed by atoms with Crippen LogP contribution in [0.4, 0.5) is 11.4 Å². The molecule has 1 rings (SSSR count). The molecule has 3 N–H and O–H groups in total. The maximum atomic E-state index is 11.9. The first kappa shape index (κ1) is 15.3. The highest BCUT2D eigenvalue weighted by atomic mass is 16.2. The number of carbonyl (C=O) groups excluding carboxylic acids is 1. The zero-order valence-electron chi connectivity index (χ0n) is 12.2. The maximum absolute atomic E-state index is 11.9. The molecule has 0 spiro atoms. The lowest BCUT2D eigenvalue weighted by Crippen LogP contribution is -2.25. The summed E-state index contributed by atoms with van der Waals surface area (Å²) in [6.45, 7) is 1.85. The van der Waals surface area contributed by atoms with Gasteiger partial charge in [-0.05, 0) is 38.2 Å². The number of anilines is 2. The van der Waals surface area contributed by atoms with Gasteiger partial charge in [0.2, 0.25) is 0 Å². The van der Waals surface area contributed by atoms with Crippen LogP contribution >= 0.6 is 0 Å². The van der Waals surface area contributed by atoms with Crippen LogP contribution in [-0.4, -0.2) is 52.1 Å². The molecule has 19 heavy (non-hydrogen) atoms. The van der Waals surface area contributed by atoms with Crippen molar-refractivity contribution in [1.82, 2.24) is 10.2 Å². The van der Waals surface area contributed by atoms with Crippen LogP contribution in [0.5, 0.6) is 0 Å². The molecule has 0 saturated carbocycles. The third-order valence-corrected chi connectivity index (χ3v) is 3.02. The minimum atomic E-state index is -0.00938. The molecule has 0 unspecified atom stereocenters. The Bertz CT molecular complexity index is 431. The lowest BCUT2D eigenvalue weighted by atomic mass is 10.1. The third-order valence-electron chi connectivity index (χ3n) is 3.02. The van der Waals surface area contributed by atoms with Crippen LogP contribution in [0.1, 0.15) is 16.8 Å². The summed E-state index contributed by atoms with van der Waals surface area (Å²) >= 11 is 0. The molecule has 5 nitrogen and oxygen atoms in total. The van der Waals surface area contributed by atoms with E-state index in [0.29, 0.717) is 11.3 Å². The van der Waals surface area contributed by atoms with Crippen molar-refractivity contribution in [3.63, 3.8) is 0 Å². The van der Waals surface area contributed by atoms with Crippen molar-refractivity contribution in [2.45, 2.75) is 6.42 Å². The van der Waals surface area contributed by atoms with Gasteiger partial charge in [-0.25, -0.2) is 0 Å². The molecule has 0 atom stereocenters. The molecule has 0 saturated heterocycles. The lowest BCUT2D eigenvalue weighted by Gasteiger charge is -2.22. The smallest absolute Gasteiger partial charge is 0.253 e. The van der Waals surface area contributed by atoms with Gasteiger partial charge in [-0.2, -0.15) is 0 Å². The Balaban J connectivity index is 2.87. The monoisotopic (exact) mass is 264 g/mol. The van der Waals surface area contributed by atoms with Crippen LogP contribution in [0.15, 0.2) is 18.2 Å².